The summed E-state index contributed by atoms with van der Waals surface area (Å²) >= 11 is 0. The van der Waals surface area contributed by atoms with Crippen molar-refractivity contribution in [2.75, 3.05) is 20.2 Å². The predicted octanol–water partition coefficient (Wildman–Crippen LogP) is 7.52. The lowest BCUT2D eigenvalue weighted by Gasteiger charge is -2.23. The van der Waals surface area contributed by atoms with E-state index in [9.17, 15) is 14.7 Å². The van der Waals surface area contributed by atoms with E-state index >= 15 is 0 Å². The summed E-state index contributed by atoms with van der Waals surface area (Å²) < 4.78 is 11.0. The van der Waals surface area contributed by atoms with Crippen molar-refractivity contribution in [2.24, 2.45) is 0 Å². The van der Waals surface area contributed by atoms with Gasteiger partial charge < -0.3 is 14.6 Å². The molecular formula is C37H39NO5. The molecule has 0 amide bonds. The summed E-state index contributed by atoms with van der Waals surface area (Å²) in [6, 6.07) is 33.8. The minimum Gasteiger partial charge on any atom is -0.489 e. The molecule has 0 bridgehead atoms. The molecule has 0 fully saturated rings. The van der Waals surface area contributed by atoms with Gasteiger partial charge in [0.1, 0.15) is 12.4 Å². The smallest absolute Gasteiger partial charge is 0.335 e. The van der Waals surface area contributed by atoms with Crippen molar-refractivity contribution in [1.29, 1.82) is 0 Å². The van der Waals surface area contributed by atoms with Crippen LogP contribution in [-0.4, -0.2) is 42.1 Å². The van der Waals surface area contributed by atoms with Crippen molar-refractivity contribution in [2.45, 2.75) is 38.8 Å². The number of aromatic carboxylic acids is 1. The molecule has 0 heterocycles. The number of para-hydroxylation sites is 1. The van der Waals surface area contributed by atoms with Crippen LogP contribution >= 0.6 is 0 Å². The monoisotopic (exact) mass is 577 g/mol. The summed E-state index contributed by atoms with van der Waals surface area (Å²) in [5.41, 5.74) is 5.86. The van der Waals surface area contributed by atoms with Crippen molar-refractivity contribution in [3.05, 3.63) is 137 Å². The lowest BCUT2D eigenvalue weighted by Crippen LogP contribution is -2.27. The molecule has 0 saturated heterocycles. The Kier molecular flexibility index (Phi) is 12.1. The Morgan fingerprint density at radius 3 is 2.09 bits per heavy atom. The molecule has 43 heavy (non-hydrogen) atoms. The lowest BCUT2D eigenvalue weighted by molar-refractivity contribution is -0.140. The van der Waals surface area contributed by atoms with E-state index in [4.69, 9.17) is 9.47 Å². The molecule has 0 spiro atoms. The number of benzene rings is 4. The minimum atomic E-state index is -0.932. The van der Waals surface area contributed by atoms with E-state index in [1.165, 1.54) is 12.7 Å². The van der Waals surface area contributed by atoms with Gasteiger partial charge in [-0.15, -0.1) is 0 Å². The van der Waals surface area contributed by atoms with Crippen LogP contribution in [0.25, 0.3) is 12.2 Å². The van der Waals surface area contributed by atoms with Gasteiger partial charge in [-0.25, -0.2) is 4.79 Å². The summed E-state index contributed by atoms with van der Waals surface area (Å²) in [5.74, 6) is -0.258. The second kappa shape index (κ2) is 16.7. The van der Waals surface area contributed by atoms with Gasteiger partial charge in [0.05, 0.1) is 12.7 Å². The second-order valence-electron chi connectivity index (χ2n) is 10.4. The van der Waals surface area contributed by atoms with E-state index in [-0.39, 0.29) is 11.5 Å². The molecule has 6 heteroatoms. The summed E-state index contributed by atoms with van der Waals surface area (Å²) in [4.78, 5) is 25.1. The average Bonchev–Trinajstić information content (AvgIpc) is 3.05. The Morgan fingerprint density at radius 1 is 0.744 bits per heavy atom. The van der Waals surface area contributed by atoms with Gasteiger partial charge in [0.2, 0.25) is 0 Å². The third-order valence-electron chi connectivity index (χ3n) is 7.25. The van der Waals surface area contributed by atoms with Crippen LogP contribution in [0.2, 0.25) is 0 Å². The number of carbonyl (C=O) groups excluding carboxylic acids is 1. The normalized spacial score (nSPS) is 11.1. The van der Waals surface area contributed by atoms with E-state index < -0.39 is 5.97 Å². The molecule has 0 radical (unpaired) electrons. The van der Waals surface area contributed by atoms with Crippen LogP contribution in [0.1, 0.15) is 57.4 Å². The van der Waals surface area contributed by atoms with Gasteiger partial charge in [-0.3, -0.25) is 9.69 Å². The van der Waals surface area contributed by atoms with Crippen molar-refractivity contribution >= 4 is 24.1 Å². The van der Waals surface area contributed by atoms with Crippen LogP contribution in [0.15, 0.2) is 103 Å². The number of carboxylic acids is 1. The summed E-state index contributed by atoms with van der Waals surface area (Å²) in [5, 5.41) is 9.23. The largest absolute Gasteiger partial charge is 0.489 e. The molecule has 1 N–H and O–H groups in total. The number of esters is 1. The zero-order valence-electron chi connectivity index (χ0n) is 24.7. The third kappa shape index (κ3) is 10.6. The van der Waals surface area contributed by atoms with Crippen LogP contribution < -0.4 is 4.74 Å². The Bertz CT molecular complexity index is 1460. The lowest BCUT2D eigenvalue weighted by atomic mass is 10.1. The Balaban J connectivity index is 1.35. The van der Waals surface area contributed by atoms with Gasteiger partial charge in [-0.05, 0) is 71.8 Å². The highest BCUT2D eigenvalue weighted by Crippen LogP contribution is 2.21. The minimum absolute atomic E-state index is 0.194. The summed E-state index contributed by atoms with van der Waals surface area (Å²) in [7, 11) is 1.41. The van der Waals surface area contributed by atoms with E-state index in [2.05, 4.69) is 59.5 Å². The standard InChI is InChI=1S/C37H39NO5/c1-42-36(39)13-7-8-25-38(27-31-20-22-34(23-21-31)37(40)41)26-24-33-11-5-6-12-35(33)43-28-32-18-16-30(17-19-32)15-14-29-9-3-2-4-10-29/h2-6,9-12,14-23H,7-8,13,24-28H2,1H3,(H,40,41). The first-order chi connectivity index (χ1) is 21.0. The SMILES string of the molecule is COC(=O)CCCCN(CCc1ccccc1OCc1ccc(C=Cc2ccccc2)cc1)Cc1ccc(C(=O)O)cc1. The maximum absolute atomic E-state index is 11.5. The number of methoxy groups -OCH3 is 1. The molecule has 0 unspecified atom stereocenters. The average molecular weight is 578 g/mol. The van der Waals surface area contributed by atoms with E-state index in [0.29, 0.717) is 19.6 Å². The number of ether oxygens (including phenoxy) is 2. The molecule has 0 aliphatic heterocycles. The number of carboxylic acid groups (broad SMARTS) is 1. The fraction of sp³-hybridized carbons (Fsp3) is 0.243. The van der Waals surface area contributed by atoms with E-state index in [0.717, 1.165) is 60.4 Å². The zero-order valence-corrected chi connectivity index (χ0v) is 24.7. The predicted molar refractivity (Wildman–Crippen MR) is 171 cm³/mol. The van der Waals surface area contributed by atoms with Gasteiger partial charge in [0, 0.05) is 19.5 Å². The molecule has 0 saturated carbocycles. The highest BCUT2D eigenvalue weighted by atomic mass is 16.5. The quantitative estimate of drug-likeness (QED) is 0.0843. The first-order valence-corrected chi connectivity index (χ1v) is 14.6. The molecule has 0 atom stereocenters. The van der Waals surface area contributed by atoms with Crippen molar-refractivity contribution in [3.63, 3.8) is 0 Å². The highest BCUT2D eigenvalue weighted by molar-refractivity contribution is 5.87. The number of rotatable bonds is 16. The van der Waals surface area contributed by atoms with Crippen LogP contribution in [0.3, 0.4) is 0 Å². The number of unbranched alkanes of at least 4 members (excludes halogenated alkanes) is 1. The Hall–Kier alpha value is -4.68. The molecule has 222 valence electrons. The molecule has 6 nitrogen and oxygen atoms in total. The maximum atomic E-state index is 11.5. The van der Waals surface area contributed by atoms with Crippen molar-refractivity contribution < 1.29 is 24.2 Å². The van der Waals surface area contributed by atoms with Crippen molar-refractivity contribution in [3.8, 4) is 5.75 Å². The molecule has 4 aromatic rings. The highest BCUT2D eigenvalue weighted by Gasteiger charge is 2.11. The van der Waals surface area contributed by atoms with E-state index in [1.54, 1.807) is 12.1 Å². The summed E-state index contributed by atoms with van der Waals surface area (Å²) in [6.07, 6.45) is 7.02. The van der Waals surface area contributed by atoms with Crippen molar-refractivity contribution in [1.82, 2.24) is 4.90 Å². The number of hydrogen-bond donors (Lipinski definition) is 1. The van der Waals surface area contributed by atoms with Gasteiger partial charge in [0.15, 0.2) is 0 Å². The van der Waals surface area contributed by atoms with Crippen LogP contribution in [0.4, 0.5) is 0 Å². The van der Waals surface area contributed by atoms with E-state index in [1.807, 2.05) is 48.5 Å². The van der Waals surface area contributed by atoms with Gasteiger partial charge >= 0.3 is 11.9 Å². The number of hydrogen-bond acceptors (Lipinski definition) is 5. The van der Waals surface area contributed by atoms with Crippen LogP contribution in [0.5, 0.6) is 5.75 Å². The Morgan fingerprint density at radius 2 is 1.40 bits per heavy atom. The second-order valence-corrected chi connectivity index (χ2v) is 10.4. The molecule has 4 aromatic carbocycles. The first-order valence-electron chi connectivity index (χ1n) is 14.6. The molecular weight excluding hydrogens is 538 g/mol. The molecule has 4 rings (SSSR count). The third-order valence-corrected chi connectivity index (χ3v) is 7.25. The topological polar surface area (TPSA) is 76.1 Å². The maximum Gasteiger partial charge on any atom is 0.335 e. The number of nitrogens with zero attached hydrogens (tertiary/aromatic N) is 1. The Labute approximate surface area is 254 Å². The molecule has 0 aliphatic carbocycles. The van der Waals surface area contributed by atoms with Crippen LogP contribution in [0, 0.1) is 0 Å². The fourth-order valence-corrected chi connectivity index (χ4v) is 4.76. The zero-order chi connectivity index (χ0) is 30.3. The fourth-order valence-electron chi connectivity index (χ4n) is 4.76. The molecule has 0 aromatic heterocycles. The van der Waals surface area contributed by atoms with Gasteiger partial charge in [0.25, 0.3) is 0 Å². The van der Waals surface area contributed by atoms with Crippen LogP contribution in [-0.2, 0) is 29.1 Å². The molecule has 0 aliphatic rings. The summed E-state index contributed by atoms with van der Waals surface area (Å²) in [6.45, 7) is 2.77. The van der Waals surface area contributed by atoms with Gasteiger partial charge in [-0.1, -0.05) is 97.1 Å². The number of carbonyl (C=O) groups is 2. The van der Waals surface area contributed by atoms with Gasteiger partial charge in [-0.2, -0.15) is 0 Å². The first kappa shape index (κ1) is 31.3.